The van der Waals surface area contributed by atoms with Crippen molar-refractivity contribution in [3.63, 3.8) is 0 Å². The van der Waals surface area contributed by atoms with Crippen LogP contribution in [-0.2, 0) is 11.2 Å². The highest BCUT2D eigenvalue weighted by Crippen LogP contribution is 2.29. The second kappa shape index (κ2) is 6.15. The van der Waals surface area contributed by atoms with Gasteiger partial charge in [-0.1, -0.05) is 18.2 Å². The van der Waals surface area contributed by atoms with E-state index < -0.39 is 11.5 Å². The molecule has 2 amide bonds. The number of aryl methyl sites for hydroxylation is 1. The number of rotatable bonds is 2. The fourth-order valence-corrected chi connectivity index (χ4v) is 3.15. The number of nitrogens with zero attached hydrogens (tertiary/aromatic N) is 1. The summed E-state index contributed by atoms with van der Waals surface area (Å²) in [6, 6.07) is 13.9. The number of carbonyl (C=O) groups is 2. The molecule has 1 aromatic heterocycles. The molecule has 130 valence electrons. The zero-order valence-corrected chi connectivity index (χ0v) is 14.1. The number of amides is 2. The molecule has 0 radical (unpaired) electrons. The highest BCUT2D eigenvalue weighted by molar-refractivity contribution is 6.05. The zero-order chi connectivity index (χ0) is 18.3. The molecule has 0 fully saturated rings. The fraction of sp³-hybridized carbons (Fsp3) is 0.150. The van der Waals surface area contributed by atoms with Gasteiger partial charge in [0.15, 0.2) is 0 Å². The lowest BCUT2D eigenvalue weighted by atomic mass is 10.0. The lowest BCUT2D eigenvalue weighted by Gasteiger charge is -2.26. The first-order valence-electron chi connectivity index (χ1n) is 8.26. The molecular weight excluding hydrogens is 332 g/mol. The van der Waals surface area contributed by atoms with E-state index in [0.717, 1.165) is 11.3 Å². The predicted octanol–water partition coefficient (Wildman–Crippen LogP) is 2.95. The molecule has 4 rings (SSSR count). The number of benzene rings is 2. The molecule has 6 nitrogen and oxygen atoms in total. The summed E-state index contributed by atoms with van der Waals surface area (Å²) in [5.74, 6) is -0.451. The highest BCUT2D eigenvalue weighted by Gasteiger charge is 2.21. The lowest BCUT2D eigenvalue weighted by molar-refractivity contribution is -0.118. The van der Waals surface area contributed by atoms with Crippen LogP contribution in [0.1, 0.15) is 22.3 Å². The minimum absolute atomic E-state index is 0.0475. The van der Waals surface area contributed by atoms with E-state index in [9.17, 15) is 14.4 Å². The van der Waals surface area contributed by atoms with E-state index in [1.165, 1.54) is 6.07 Å². The number of anilines is 2. The van der Waals surface area contributed by atoms with Crippen LogP contribution in [0, 0.1) is 0 Å². The summed E-state index contributed by atoms with van der Waals surface area (Å²) < 4.78 is 5.21. The third-order valence-corrected chi connectivity index (χ3v) is 4.57. The number of hydrogen-bond donors (Lipinski definition) is 1. The summed E-state index contributed by atoms with van der Waals surface area (Å²) >= 11 is 0. The van der Waals surface area contributed by atoms with Crippen molar-refractivity contribution < 1.29 is 14.0 Å². The van der Waals surface area contributed by atoms with Crippen LogP contribution in [0.15, 0.2) is 57.7 Å². The zero-order valence-electron chi connectivity index (χ0n) is 14.1. The van der Waals surface area contributed by atoms with Gasteiger partial charge in [0.05, 0.1) is 0 Å². The largest absolute Gasteiger partial charge is 0.422 e. The lowest BCUT2D eigenvalue weighted by Crippen LogP contribution is -2.31. The van der Waals surface area contributed by atoms with Crippen LogP contribution >= 0.6 is 0 Å². The Hall–Kier alpha value is -3.41. The minimum atomic E-state index is -0.676. The molecule has 0 spiro atoms. The Bertz CT molecular complexity index is 1100. The van der Waals surface area contributed by atoms with E-state index in [1.54, 1.807) is 42.3 Å². The van der Waals surface area contributed by atoms with Crippen molar-refractivity contribution in [3.05, 3.63) is 70.1 Å². The van der Waals surface area contributed by atoms with Gasteiger partial charge in [-0.15, -0.1) is 0 Å². The van der Waals surface area contributed by atoms with Gasteiger partial charge in [-0.2, -0.15) is 0 Å². The van der Waals surface area contributed by atoms with Gasteiger partial charge in [0, 0.05) is 30.2 Å². The van der Waals surface area contributed by atoms with Gasteiger partial charge in [0.25, 0.3) is 5.91 Å². The van der Waals surface area contributed by atoms with Crippen LogP contribution in [0.4, 0.5) is 11.4 Å². The Balaban J connectivity index is 1.64. The van der Waals surface area contributed by atoms with E-state index in [2.05, 4.69) is 5.32 Å². The summed E-state index contributed by atoms with van der Waals surface area (Å²) in [4.78, 5) is 38.0. The van der Waals surface area contributed by atoms with Crippen LogP contribution < -0.4 is 15.8 Å². The Kier molecular flexibility index (Phi) is 3.80. The van der Waals surface area contributed by atoms with Gasteiger partial charge < -0.3 is 14.6 Å². The van der Waals surface area contributed by atoms with Gasteiger partial charge in [0.2, 0.25) is 5.91 Å². The van der Waals surface area contributed by atoms with Crippen molar-refractivity contribution in [3.8, 4) is 0 Å². The molecule has 1 N–H and O–H groups in total. The molecule has 0 unspecified atom stereocenters. The molecule has 1 aliphatic rings. The molecule has 0 bridgehead atoms. The normalized spacial score (nSPS) is 13.6. The third kappa shape index (κ3) is 2.75. The first-order valence-corrected chi connectivity index (χ1v) is 8.26. The molecule has 2 heterocycles. The molecule has 0 saturated heterocycles. The molecule has 2 aromatic carbocycles. The van der Waals surface area contributed by atoms with Crippen molar-refractivity contribution in [2.75, 3.05) is 17.3 Å². The predicted molar refractivity (Wildman–Crippen MR) is 98.6 cm³/mol. The number of carbonyl (C=O) groups excluding carboxylic acids is 2. The molecule has 0 saturated carbocycles. The van der Waals surface area contributed by atoms with E-state index in [1.807, 2.05) is 12.1 Å². The SMILES string of the molecule is CN1C(=O)CCc2cc(NC(=O)c3cc4ccccc4oc3=O)ccc21. The smallest absolute Gasteiger partial charge is 0.349 e. The first kappa shape index (κ1) is 16.1. The molecular formula is C20H16N2O4. The Labute approximate surface area is 149 Å². The van der Waals surface area contributed by atoms with E-state index in [4.69, 9.17) is 4.42 Å². The third-order valence-electron chi connectivity index (χ3n) is 4.57. The average molecular weight is 348 g/mol. The second-order valence-electron chi connectivity index (χ2n) is 6.24. The van der Waals surface area contributed by atoms with Crippen LogP contribution in [-0.4, -0.2) is 18.9 Å². The topological polar surface area (TPSA) is 79.6 Å². The molecule has 6 heteroatoms. The Morgan fingerprint density at radius 1 is 1.08 bits per heavy atom. The van der Waals surface area contributed by atoms with Crippen molar-refractivity contribution >= 4 is 34.2 Å². The monoisotopic (exact) mass is 348 g/mol. The summed E-state index contributed by atoms with van der Waals surface area (Å²) in [5, 5.41) is 3.42. The molecule has 1 aliphatic heterocycles. The summed E-state index contributed by atoms with van der Waals surface area (Å²) in [6.45, 7) is 0. The Morgan fingerprint density at radius 3 is 2.73 bits per heavy atom. The van der Waals surface area contributed by atoms with Crippen LogP contribution in [0.25, 0.3) is 11.0 Å². The standard InChI is InChI=1S/C20H16N2O4/c1-22-16-8-7-14(10-12(16)6-9-18(22)23)21-19(24)15-11-13-4-2-3-5-17(13)26-20(15)25/h2-5,7-8,10-11H,6,9H2,1H3,(H,21,24). The average Bonchev–Trinajstić information content (AvgIpc) is 2.64. The van der Waals surface area contributed by atoms with Gasteiger partial charge in [-0.05, 0) is 42.3 Å². The van der Waals surface area contributed by atoms with Crippen LogP contribution in [0.3, 0.4) is 0 Å². The van der Waals surface area contributed by atoms with Crippen molar-refractivity contribution in [2.45, 2.75) is 12.8 Å². The highest BCUT2D eigenvalue weighted by atomic mass is 16.4. The maximum Gasteiger partial charge on any atom is 0.349 e. The van der Waals surface area contributed by atoms with E-state index in [-0.39, 0.29) is 11.5 Å². The summed E-state index contributed by atoms with van der Waals surface area (Å²) in [6.07, 6.45) is 1.06. The maximum atomic E-state index is 12.5. The fourth-order valence-electron chi connectivity index (χ4n) is 3.15. The van der Waals surface area contributed by atoms with Crippen LogP contribution in [0.5, 0.6) is 0 Å². The van der Waals surface area contributed by atoms with Crippen molar-refractivity contribution in [1.29, 1.82) is 0 Å². The molecule has 0 aliphatic carbocycles. The Morgan fingerprint density at radius 2 is 1.88 bits per heavy atom. The van der Waals surface area contributed by atoms with Crippen LogP contribution in [0.2, 0.25) is 0 Å². The van der Waals surface area contributed by atoms with Gasteiger partial charge in [0.1, 0.15) is 11.1 Å². The summed E-state index contributed by atoms with van der Waals surface area (Å²) in [5.41, 5.74) is 2.11. The van der Waals surface area contributed by atoms with Gasteiger partial charge in [-0.3, -0.25) is 9.59 Å². The number of fused-ring (bicyclic) bond motifs is 2. The van der Waals surface area contributed by atoms with Gasteiger partial charge >= 0.3 is 5.63 Å². The number of para-hydroxylation sites is 1. The molecule has 26 heavy (non-hydrogen) atoms. The first-order chi connectivity index (χ1) is 12.5. The summed E-state index contributed by atoms with van der Waals surface area (Å²) in [7, 11) is 1.73. The quantitative estimate of drug-likeness (QED) is 0.722. The molecule has 3 aromatic rings. The second-order valence-corrected chi connectivity index (χ2v) is 6.24. The number of hydrogen-bond acceptors (Lipinski definition) is 4. The minimum Gasteiger partial charge on any atom is -0.422 e. The van der Waals surface area contributed by atoms with Crippen molar-refractivity contribution in [2.24, 2.45) is 0 Å². The van der Waals surface area contributed by atoms with Gasteiger partial charge in [-0.25, -0.2) is 4.79 Å². The van der Waals surface area contributed by atoms with Crippen molar-refractivity contribution in [1.82, 2.24) is 0 Å². The maximum absolute atomic E-state index is 12.5. The van der Waals surface area contributed by atoms with E-state index in [0.29, 0.717) is 29.5 Å². The van der Waals surface area contributed by atoms with E-state index >= 15 is 0 Å². The number of nitrogens with one attached hydrogen (secondary N) is 1. The molecule has 0 atom stereocenters.